The third-order valence-electron chi connectivity index (χ3n) is 4.56. The van der Waals surface area contributed by atoms with Crippen LogP contribution in [0.1, 0.15) is 17.2 Å². The zero-order valence-electron chi connectivity index (χ0n) is 15.0. The van der Waals surface area contributed by atoms with Crippen LogP contribution in [0.25, 0.3) is 5.70 Å². The second kappa shape index (κ2) is 6.55. The lowest BCUT2D eigenvalue weighted by atomic mass is 10.0. The highest BCUT2D eigenvalue weighted by molar-refractivity contribution is 5.77. The molecule has 1 atom stereocenters. The normalized spacial score (nSPS) is 15.7. The van der Waals surface area contributed by atoms with Crippen molar-refractivity contribution < 1.29 is 4.74 Å². The molecule has 0 saturated carbocycles. The fourth-order valence-corrected chi connectivity index (χ4v) is 3.08. The molecule has 0 radical (unpaired) electrons. The van der Waals surface area contributed by atoms with Crippen LogP contribution in [0.4, 0.5) is 11.6 Å². The molecule has 26 heavy (non-hydrogen) atoms. The summed E-state index contributed by atoms with van der Waals surface area (Å²) in [6.45, 7) is 0. The van der Waals surface area contributed by atoms with E-state index in [1.807, 2.05) is 43.0 Å². The van der Waals surface area contributed by atoms with Gasteiger partial charge in [0.05, 0.1) is 7.11 Å². The summed E-state index contributed by atoms with van der Waals surface area (Å²) in [5, 5.41) is 7.76. The summed E-state index contributed by atoms with van der Waals surface area (Å²) >= 11 is 0. The molecule has 1 N–H and O–H groups in total. The van der Waals surface area contributed by atoms with Crippen LogP contribution < -0.4 is 15.0 Å². The van der Waals surface area contributed by atoms with Crippen LogP contribution in [0.15, 0.2) is 60.9 Å². The van der Waals surface area contributed by atoms with Gasteiger partial charge in [0, 0.05) is 25.5 Å². The highest BCUT2D eigenvalue weighted by atomic mass is 16.5. The van der Waals surface area contributed by atoms with Gasteiger partial charge in [-0.3, -0.25) is 0 Å². The molecule has 2 heterocycles. The van der Waals surface area contributed by atoms with Crippen LogP contribution in [0, 0.1) is 0 Å². The largest absolute Gasteiger partial charge is 0.497 e. The van der Waals surface area contributed by atoms with Crippen LogP contribution >= 0.6 is 0 Å². The van der Waals surface area contributed by atoms with E-state index in [1.54, 1.807) is 13.4 Å². The number of benzene rings is 2. The van der Waals surface area contributed by atoms with E-state index in [4.69, 9.17) is 4.74 Å². The number of hydrogen-bond acceptors (Lipinski definition) is 5. The van der Waals surface area contributed by atoms with Crippen LogP contribution in [-0.2, 0) is 0 Å². The lowest BCUT2D eigenvalue weighted by molar-refractivity contribution is 0.415. The number of ether oxygens (including phenoxy) is 1. The molecule has 0 amide bonds. The molecule has 6 heteroatoms. The Hall–Kier alpha value is -3.28. The zero-order chi connectivity index (χ0) is 18.1. The molecule has 2 aromatic carbocycles. The lowest BCUT2D eigenvalue weighted by Gasteiger charge is -2.25. The Morgan fingerprint density at radius 2 is 1.77 bits per heavy atom. The van der Waals surface area contributed by atoms with Crippen molar-refractivity contribution in [2.45, 2.75) is 6.04 Å². The second-order valence-electron chi connectivity index (χ2n) is 6.39. The quantitative estimate of drug-likeness (QED) is 0.784. The van der Waals surface area contributed by atoms with Gasteiger partial charge in [0.25, 0.3) is 0 Å². The van der Waals surface area contributed by atoms with Crippen LogP contribution in [0.2, 0.25) is 0 Å². The van der Waals surface area contributed by atoms with Gasteiger partial charge in [0.15, 0.2) is 0 Å². The van der Waals surface area contributed by atoms with E-state index in [0.29, 0.717) is 0 Å². The van der Waals surface area contributed by atoms with Gasteiger partial charge < -0.3 is 15.0 Å². The number of fused-ring (bicyclic) bond motifs is 1. The topological polar surface area (TPSA) is 55.2 Å². The SMILES string of the molecule is COc1ccc(C2=C[C@@H](c3ccc(N(C)C)cc3)n3ncnc3N2)cc1. The highest BCUT2D eigenvalue weighted by Crippen LogP contribution is 2.32. The number of methoxy groups -OCH3 is 1. The van der Waals surface area contributed by atoms with Crippen molar-refractivity contribution >= 4 is 17.3 Å². The summed E-state index contributed by atoms with van der Waals surface area (Å²) in [4.78, 5) is 6.44. The van der Waals surface area contributed by atoms with Gasteiger partial charge in [-0.05, 0) is 53.6 Å². The third kappa shape index (κ3) is 2.90. The Bertz CT molecular complexity index is 926. The maximum Gasteiger partial charge on any atom is 0.226 e. The van der Waals surface area contributed by atoms with Gasteiger partial charge in [-0.1, -0.05) is 12.1 Å². The maximum absolute atomic E-state index is 5.25. The minimum Gasteiger partial charge on any atom is -0.497 e. The van der Waals surface area contributed by atoms with Crippen molar-refractivity contribution in [3.8, 4) is 5.75 Å². The molecule has 0 spiro atoms. The van der Waals surface area contributed by atoms with Crippen molar-refractivity contribution in [2.75, 3.05) is 31.4 Å². The number of rotatable bonds is 4. The summed E-state index contributed by atoms with van der Waals surface area (Å²) in [7, 11) is 5.75. The molecule has 1 aromatic heterocycles. The summed E-state index contributed by atoms with van der Waals surface area (Å²) in [6.07, 6.45) is 3.75. The molecule has 132 valence electrons. The van der Waals surface area contributed by atoms with E-state index in [2.05, 4.69) is 50.6 Å². The van der Waals surface area contributed by atoms with Gasteiger partial charge in [-0.2, -0.15) is 10.1 Å². The van der Waals surface area contributed by atoms with Crippen LogP contribution in [-0.4, -0.2) is 36.0 Å². The molecule has 0 aliphatic carbocycles. The molecule has 1 aliphatic heterocycles. The van der Waals surface area contributed by atoms with E-state index < -0.39 is 0 Å². The second-order valence-corrected chi connectivity index (χ2v) is 6.39. The van der Waals surface area contributed by atoms with E-state index in [0.717, 1.165) is 28.5 Å². The monoisotopic (exact) mass is 347 g/mol. The average Bonchev–Trinajstić information content (AvgIpc) is 3.16. The Morgan fingerprint density at radius 3 is 2.42 bits per heavy atom. The molecular weight excluding hydrogens is 326 g/mol. The number of aromatic nitrogens is 3. The Balaban J connectivity index is 1.73. The molecule has 1 aliphatic rings. The molecular formula is C20H21N5O. The van der Waals surface area contributed by atoms with Crippen molar-refractivity contribution in [2.24, 2.45) is 0 Å². The van der Waals surface area contributed by atoms with Gasteiger partial charge in [-0.25, -0.2) is 4.68 Å². The number of anilines is 2. The molecule has 0 saturated heterocycles. The summed E-state index contributed by atoms with van der Waals surface area (Å²) < 4.78 is 7.15. The summed E-state index contributed by atoms with van der Waals surface area (Å²) in [5.41, 5.74) is 4.42. The van der Waals surface area contributed by atoms with E-state index in [9.17, 15) is 0 Å². The van der Waals surface area contributed by atoms with E-state index >= 15 is 0 Å². The predicted molar refractivity (Wildman–Crippen MR) is 104 cm³/mol. The first-order chi connectivity index (χ1) is 12.7. The minimum absolute atomic E-state index is 0.0120. The molecule has 0 bridgehead atoms. The van der Waals surface area contributed by atoms with Gasteiger partial charge in [0.1, 0.15) is 18.1 Å². The predicted octanol–water partition coefficient (Wildman–Crippen LogP) is 3.41. The van der Waals surface area contributed by atoms with Crippen molar-refractivity contribution in [1.82, 2.24) is 14.8 Å². The third-order valence-corrected chi connectivity index (χ3v) is 4.56. The first-order valence-corrected chi connectivity index (χ1v) is 8.46. The first kappa shape index (κ1) is 16.2. The number of hydrogen-bond donors (Lipinski definition) is 1. The van der Waals surface area contributed by atoms with Crippen molar-refractivity contribution in [1.29, 1.82) is 0 Å². The zero-order valence-corrected chi connectivity index (χ0v) is 15.0. The fraction of sp³-hybridized carbons (Fsp3) is 0.200. The fourth-order valence-electron chi connectivity index (χ4n) is 3.08. The van der Waals surface area contributed by atoms with Gasteiger partial charge in [0.2, 0.25) is 5.95 Å². The molecule has 0 fully saturated rings. The van der Waals surface area contributed by atoms with Crippen molar-refractivity contribution in [3.05, 3.63) is 72.1 Å². The summed E-state index contributed by atoms with van der Waals surface area (Å²) in [5.74, 6) is 1.57. The van der Waals surface area contributed by atoms with E-state index in [1.165, 1.54) is 5.69 Å². The first-order valence-electron chi connectivity index (χ1n) is 8.46. The van der Waals surface area contributed by atoms with Crippen molar-refractivity contribution in [3.63, 3.8) is 0 Å². The van der Waals surface area contributed by atoms with Gasteiger partial charge >= 0.3 is 0 Å². The smallest absolute Gasteiger partial charge is 0.226 e. The Kier molecular flexibility index (Phi) is 4.08. The Labute approximate surface area is 152 Å². The Morgan fingerprint density at radius 1 is 1.04 bits per heavy atom. The molecule has 3 aromatic rings. The number of allylic oxidation sites excluding steroid dienone is 1. The van der Waals surface area contributed by atoms with Crippen LogP contribution in [0.5, 0.6) is 5.75 Å². The minimum atomic E-state index is -0.0120. The maximum atomic E-state index is 5.25. The molecule has 0 unspecified atom stereocenters. The number of nitrogens with one attached hydrogen (secondary N) is 1. The number of nitrogens with zero attached hydrogens (tertiary/aromatic N) is 4. The average molecular weight is 347 g/mol. The highest BCUT2D eigenvalue weighted by Gasteiger charge is 2.23. The molecule has 4 rings (SSSR count). The standard InChI is InChI=1S/C20H21N5O/c1-24(2)16-8-4-15(5-9-16)19-12-18(23-20-21-13-22-25(19)20)14-6-10-17(26-3)11-7-14/h4-13,19H,1-3H3,(H,21,22,23)/t19-/m0/s1. The summed E-state index contributed by atoms with van der Waals surface area (Å²) in [6, 6.07) is 16.5. The van der Waals surface area contributed by atoms with Gasteiger partial charge in [-0.15, -0.1) is 0 Å². The molecule has 6 nitrogen and oxygen atoms in total. The van der Waals surface area contributed by atoms with E-state index in [-0.39, 0.29) is 6.04 Å². The lowest BCUT2D eigenvalue weighted by Crippen LogP contribution is -2.20. The van der Waals surface area contributed by atoms with Crippen LogP contribution in [0.3, 0.4) is 0 Å².